The molecule has 2 heterocycles. The molecule has 0 N–H and O–H groups in total. The van der Waals surface area contributed by atoms with Gasteiger partial charge in [0.15, 0.2) is 0 Å². The van der Waals surface area contributed by atoms with E-state index in [0.717, 1.165) is 61.2 Å². The second-order valence-electron chi connectivity index (χ2n) is 15.3. The van der Waals surface area contributed by atoms with Gasteiger partial charge in [0.2, 0.25) is 0 Å². The molecule has 10 aromatic carbocycles. The van der Waals surface area contributed by atoms with Gasteiger partial charge in [-0.05, 0) is 99.1 Å². The van der Waals surface area contributed by atoms with Crippen LogP contribution in [0.1, 0.15) is 0 Å². The summed E-state index contributed by atoms with van der Waals surface area (Å²) in [5.41, 5.74) is 13.2. The molecule has 0 atom stereocenters. The van der Waals surface area contributed by atoms with Crippen LogP contribution in [-0.2, 0) is 0 Å². The van der Waals surface area contributed by atoms with Gasteiger partial charge in [-0.3, -0.25) is 0 Å². The fourth-order valence-electron chi connectivity index (χ4n) is 9.33. The molecule has 2 aromatic heterocycles. The summed E-state index contributed by atoms with van der Waals surface area (Å²) in [6.45, 7) is 0. The van der Waals surface area contributed by atoms with Gasteiger partial charge in [0.1, 0.15) is 11.2 Å². The zero-order chi connectivity index (χ0) is 38.9. The topological polar surface area (TPSA) is 21.3 Å². The SMILES string of the molecule is c1cc(-c2cccc3ccccc23)cc(N(c2ccc(-c3cccc4oc5c6ccccc6ccc5c34)cc2)c2ccccc2-n2c3ccccc3c3ccccc32)c1. The van der Waals surface area contributed by atoms with Crippen LogP contribution in [0.2, 0.25) is 0 Å². The Balaban J connectivity index is 1.06. The van der Waals surface area contributed by atoms with Gasteiger partial charge < -0.3 is 13.9 Å². The first kappa shape index (κ1) is 33.3. The summed E-state index contributed by atoms with van der Waals surface area (Å²) in [6, 6.07) is 78.7. The van der Waals surface area contributed by atoms with Gasteiger partial charge in [0.25, 0.3) is 0 Å². The van der Waals surface area contributed by atoms with Crippen LogP contribution in [-0.4, -0.2) is 4.57 Å². The average molecular weight is 753 g/mol. The Morgan fingerprint density at radius 1 is 0.373 bits per heavy atom. The van der Waals surface area contributed by atoms with E-state index in [2.05, 4.69) is 228 Å². The van der Waals surface area contributed by atoms with Crippen molar-refractivity contribution in [2.45, 2.75) is 0 Å². The number of rotatable bonds is 6. The van der Waals surface area contributed by atoms with Gasteiger partial charge in [0.05, 0.1) is 22.4 Å². The number of para-hydroxylation sites is 4. The quantitative estimate of drug-likeness (QED) is 0.169. The van der Waals surface area contributed by atoms with Crippen LogP contribution in [0.25, 0.3) is 93.2 Å². The monoisotopic (exact) mass is 752 g/mol. The first-order chi connectivity index (χ1) is 29.3. The number of hydrogen-bond donors (Lipinski definition) is 0. The summed E-state index contributed by atoms with van der Waals surface area (Å²) in [7, 11) is 0. The van der Waals surface area contributed by atoms with E-state index in [-0.39, 0.29) is 0 Å². The normalized spacial score (nSPS) is 11.7. The molecule has 0 aliphatic rings. The van der Waals surface area contributed by atoms with E-state index in [1.165, 1.54) is 49.1 Å². The zero-order valence-corrected chi connectivity index (χ0v) is 32.1. The number of fused-ring (bicyclic) bond motifs is 9. The Morgan fingerprint density at radius 3 is 1.78 bits per heavy atom. The first-order valence-corrected chi connectivity index (χ1v) is 20.2. The Labute approximate surface area is 341 Å². The maximum atomic E-state index is 6.58. The Bertz CT molecular complexity index is 3510. The summed E-state index contributed by atoms with van der Waals surface area (Å²) in [5, 5.41) is 9.52. The minimum absolute atomic E-state index is 0.893. The molecule has 12 aromatic rings. The minimum Gasteiger partial charge on any atom is -0.455 e. The maximum absolute atomic E-state index is 6.58. The van der Waals surface area contributed by atoms with E-state index >= 15 is 0 Å². The predicted molar refractivity (Wildman–Crippen MR) is 249 cm³/mol. The van der Waals surface area contributed by atoms with Crippen molar-refractivity contribution in [2.75, 3.05) is 4.90 Å². The van der Waals surface area contributed by atoms with Crippen molar-refractivity contribution in [2.24, 2.45) is 0 Å². The molecular formula is C56H36N2O. The third-order valence-electron chi connectivity index (χ3n) is 12.0. The van der Waals surface area contributed by atoms with E-state index in [4.69, 9.17) is 4.42 Å². The van der Waals surface area contributed by atoms with Crippen molar-refractivity contribution >= 4 is 82.4 Å². The average Bonchev–Trinajstić information content (AvgIpc) is 3.86. The fourth-order valence-corrected chi connectivity index (χ4v) is 9.33. The molecule has 3 heteroatoms. The summed E-state index contributed by atoms with van der Waals surface area (Å²) in [5.74, 6) is 0. The minimum atomic E-state index is 0.893. The van der Waals surface area contributed by atoms with Crippen molar-refractivity contribution in [3.8, 4) is 27.9 Å². The summed E-state index contributed by atoms with van der Waals surface area (Å²) >= 11 is 0. The molecule has 0 amide bonds. The maximum Gasteiger partial charge on any atom is 0.143 e. The Hall–Kier alpha value is -7.88. The Kier molecular flexibility index (Phi) is 7.54. The number of hydrogen-bond acceptors (Lipinski definition) is 2. The lowest BCUT2D eigenvalue weighted by Gasteiger charge is -2.29. The molecule has 0 bridgehead atoms. The van der Waals surface area contributed by atoms with Crippen molar-refractivity contribution in [3.63, 3.8) is 0 Å². The molecule has 0 unspecified atom stereocenters. The molecule has 12 rings (SSSR count). The van der Waals surface area contributed by atoms with Gasteiger partial charge in [-0.2, -0.15) is 0 Å². The lowest BCUT2D eigenvalue weighted by atomic mass is 9.97. The van der Waals surface area contributed by atoms with Gasteiger partial charge in [-0.15, -0.1) is 0 Å². The lowest BCUT2D eigenvalue weighted by molar-refractivity contribution is 0.673. The summed E-state index contributed by atoms with van der Waals surface area (Å²) in [4.78, 5) is 2.41. The molecule has 0 fully saturated rings. The summed E-state index contributed by atoms with van der Waals surface area (Å²) < 4.78 is 9.00. The van der Waals surface area contributed by atoms with Crippen LogP contribution in [0.3, 0.4) is 0 Å². The second kappa shape index (κ2) is 13.4. The third kappa shape index (κ3) is 5.29. The zero-order valence-electron chi connectivity index (χ0n) is 32.1. The predicted octanol–water partition coefficient (Wildman–Crippen LogP) is 15.8. The van der Waals surface area contributed by atoms with Crippen molar-refractivity contribution in [1.82, 2.24) is 4.57 Å². The number of furan rings is 1. The van der Waals surface area contributed by atoms with Crippen LogP contribution in [0, 0.1) is 0 Å². The highest BCUT2D eigenvalue weighted by atomic mass is 16.3. The number of aromatic nitrogens is 1. The highest BCUT2D eigenvalue weighted by Crippen LogP contribution is 2.45. The molecular weight excluding hydrogens is 717 g/mol. The van der Waals surface area contributed by atoms with E-state index in [1.807, 2.05) is 0 Å². The third-order valence-corrected chi connectivity index (χ3v) is 12.0. The van der Waals surface area contributed by atoms with Crippen LogP contribution >= 0.6 is 0 Å². The molecule has 0 aliphatic heterocycles. The molecule has 59 heavy (non-hydrogen) atoms. The van der Waals surface area contributed by atoms with Crippen LogP contribution in [0.5, 0.6) is 0 Å². The standard InChI is InChI=1S/C56H36N2O/c1-3-19-43-37(14-1)16-12-23-44(43)40-17-11-18-42(36-40)57(52-27-9-10-28-53(52)58-50-25-7-5-21-47(50)48-22-6-8-26-51(48)58)41-33-30-39(31-34-41)45-24-13-29-54-55(45)49-35-32-38-15-2-4-20-46(38)56(49)59-54/h1-36H. The van der Waals surface area contributed by atoms with Crippen LogP contribution < -0.4 is 4.90 Å². The molecule has 0 saturated heterocycles. The summed E-state index contributed by atoms with van der Waals surface area (Å²) in [6.07, 6.45) is 0. The molecule has 0 aliphatic carbocycles. The largest absolute Gasteiger partial charge is 0.455 e. The number of nitrogens with zero attached hydrogens (tertiary/aromatic N) is 2. The number of benzene rings is 10. The van der Waals surface area contributed by atoms with Gasteiger partial charge >= 0.3 is 0 Å². The van der Waals surface area contributed by atoms with Crippen LogP contribution in [0.4, 0.5) is 17.1 Å². The van der Waals surface area contributed by atoms with E-state index in [9.17, 15) is 0 Å². The second-order valence-corrected chi connectivity index (χ2v) is 15.3. The van der Waals surface area contributed by atoms with Crippen LogP contribution in [0.15, 0.2) is 223 Å². The van der Waals surface area contributed by atoms with Gasteiger partial charge in [-0.1, -0.05) is 158 Å². The van der Waals surface area contributed by atoms with Crippen molar-refractivity contribution < 1.29 is 4.42 Å². The Morgan fingerprint density at radius 2 is 0.983 bits per heavy atom. The van der Waals surface area contributed by atoms with E-state index in [0.29, 0.717) is 0 Å². The smallest absolute Gasteiger partial charge is 0.143 e. The molecule has 0 spiro atoms. The molecule has 276 valence electrons. The van der Waals surface area contributed by atoms with E-state index < -0.39 is 0 Å². The van der Waals surface area contributed by atoms with Crippen molar-refractivity contribution in [3.05, 3.63) is 218 Å². The van der Waals surface area contributed by atoms with Gasteiger partial charge in [0, 0.05) is 38.3 Å². The highest BCUT2D eigenvalue weighted by molar-refractivity contribution is 6.19. The van der Waals surface area contributed by atoms with Crippen molar-refractivity contribution in [1.29, 1.82) is 0 Å². The highest BCUT2D eigenvalue weighted by Gasteiger charge is 2.22. The van der Waals surface area contributed by atoms with Gasteiger partial charge in [-0.25, -0.2) is 0 Å². The molecule has 3 nitrogen and oxygen atoms in total. The fraction of sp³-hybridized carbons (Fsp3) is 0. The van der Waals surface area contributed by atoms with E-state index in [1.54, 1.807) is 0 Å². The number of anilines is 3. The lowest BCUT2D eigenvalue weighted by Crippen LogP contribution is -2.13. The molecule has 0 radical (unpaired) electrons. The first-order valence-electron chi connectivity index (χ1n) is 20.2. The molecule has 0 saturated carbocycles.